The SMILES string of the molecule is COCCOc1ccc(C(C)N2CCC(NC(C)O)CC2)c(C)c1C. The zero-order chi connectivity index (χ0) is 18.4. The van der Waals surface area contributed by atoms with Gasteiger partial charge in [-0.1, -0.05) is 6.07 Å². The maximum Gasteiger partial charge on any atom is 0.122 e. The van der Waals surface area contributed by atoms with E-state index in [1.807, 2.05) is 0 Å². The lowest BCUT2D eigenvalue weighted by Gasteiger charge is -2.37. The summed E-state index contributed by atoms with van der Waals surface area (Å²) in [4.78, 5) is 2.54. The van der Waals surface area contributed by atoms with Crippen molar-refractivity contribution in [1.29, 1.82) is 0 Å². The molecule has 1 aromatic rings. The maximum atomic E-state index is 9.48. The van der Waals surface area contributed by atoms with Crippen molar-refractivity contribution in [3.63, 3.8) is 0 Å². The van der Waals surface area contributed by atoms with Crippen LogP contribution in [0.1, 0.15) is 49.4 Å². The van der Waals surface area contributed by atoms with Crippen LogP contribution in [0.3, 0.4) is 0 Å². The lowest BCUT2D eigenvalue weighted by molar-refractivity contribution is 0.0995. The van der Waals surface area contributed by atoms with Gasteiger partial charge in [-0.3, -0.25) is 10.2 Å². The highest BCUT2D eigenvalue weighted by Crippen LogP contribution is 2.32. The number of ether oxygens (including phenoxy) is 2. The molecule has 2 unspecified atom stereocenters. The first-order chi connectivity index (χ1) is 11.9. The number of hydrogen-bond acceptors (Lipinski definition) is 5. The Balaban J connectivity index is 2.00. The first-order valence-electron chi connectivity index (χ1n) is 9.34. The minimum Gasteiger partial charge on any atom is -0.491 e. The molecule has 0 bridgehead atoms. The molecule has 1 aliphatic heterocycles. The fourth-order valence-electron chi connectivity index (χ4n) is 3.65. The Morgan fingerprint density at radius 2 is 1.84 bits per heavy atom. The van der Waals surface area contributed by atoms with Gasteiger partial charge in [-0.2, -0.15) is 0 Å². The molecular formula is C20H34N2O3. The Kier molecular flexibility index (Phi) is 7.69. The second-order valence-corrected chi connectivity index (χ2v) is 7.07. The lowest BCUT2D eigenvalue weighted by atomic mass is 9.94. The monoisotopic (exact) mass is 350 g/mol. The van der Waals surface area contributed by atoms with E-state index in [2.05, 4.69) is 43.1 Å². The molecule has 2 atom stereocenters. The van der Waals surface area contributed by atoms with Crippen LogP contribution in [0.25, 0.3) is 0 Å². The van der Waals surface area contributed by atoms with Crippen LogP contribution in [0.15, 0.2) is 12.1 Å². The van der Waals surface area contributed by atoms with Crippen molar-refractivity contribution in [3.05, 3.63) is 28.8 Å². The highest BCUT2D eigenvalue weighted by atomic mass is 16.5. The number of hydrogen-bond donors (Lipinski definition) is 2. The second-order valence-electron chi connectivity index (χ2n) is 7.07. The first-order valence-corrected chi connectivity index (χ1v) is 9.34. The molecule has 1 aromatic carbocycles. The molecule has 0 saturated carbocycles. The van der Waals surface area contributed by atoms with Gasteiger partial charge >= 0.3 is 0 Å². The maximum absolute atomic E-state index is 9.48. The molecule has 0 radical (unpaired) electrons. The summed E-state index contributed by atoms with van der Waals surface area (Å²) in [5.74, 6) is 0.949. The van der Waals surface area contributed by atoms with Gasteiger partial charge in [0.25, 0.3) is 0 Å². The zero-order valence-electron chi connectivity index (χ0n) is 16.3. The van der Waals surface area contributed by atoms with Crippen molar-refractivity contribution in [2.45, 2.75) is 58.8 Å². The molecular weight excluding hydrogens is 316 g/mol. The van der Waals surface area contributed by atoms with Crippen LogP contribution in [0.4, 0.5) is 0 Å². The predicted molar refractivity (Wildman–Crippen MR) is 101 cm³/mol. The van der Waals surface area contributed by atoms with E-state index in [4.69, 9.17) is 9.47 Å². The summed E-state index contributed by atoms with van der Waals surface area (Å²) < 4.78 is 10.9. The third-order valence-corrected chi connectivity index (χ3v) is 5.33. The Labute approximate surface area is 152 Å². The molecule has 1 saturated heterocycles. The van der Waals surface area contributed by atoms with E-state index in [-0.39, 0.29) is 0 Å². The quantitative estimate of drug-likeness (QED) is 0.558. The van der Waals surface area contributed by atoms with Crippen LogP contribution in [0, 0.1) is 13.8 Å². The Bertz CT molecular complexity index is 540. The van der Waals surface area contributed by atoms with E-state index in [0.29, 0.717) is 25.3 Å². The fourth-order valence-corrected chi connectivity index (χ4v) is 3.65. The Morgan fingerprint density at radius 1 is 1.16 bits per heavy atom. The lowest BCUT2D eigenvalue weighted by Crippen LogP contribution is -2.46. The van der Waals surface area contributed by atoms with Gasteiger partial charge in [0.15, 0.2) is 0 Å². The molecule has 2 rings (SSSR count). The van der Waals surface area contributed by atoms with Crippen LogP contribution in [-0.2, 0) is 4.74 Å². The minimum absolute atomic E-state index is 0.388. The fraction of sp³-hybridized carbons (Fsp3) is 0.700. The molecule has 25 heavy (non-hydrogen) atoms. The molecule has 0 aliphatic carbocycles. The van der Waals surface area contributed by atoms with Gasteiger partial charge in [0.1, 0.15) is 18.6 Å². The number of likely N-dealkylation sites (tertiary alicyclic amines) is 1. The third kappa shape index (κ3) is 5.42. The summed E-state index contributed by atoms with van der Waals surface area (Å²) in [5.41, 5.74) is 3.90. The molecule has 0 aromatic heterocycles. The number of aliphatic hydroxyl groups is 1. The van der Waals surface area contributed by atoms with E-state index in [1.165, 1.54) is 16.7 Å². The second kappa shape index (κ2) is 9.53. The summed E-state index contributed by atoms with van der Waals surface area (Å²) in [6.07, 6.45) is 1.72. The largest absolute Gasteiger partial charge is 0.491 e. The molecule has 142 valence electrons. The molecule has 1 aliphatic rings. The van der Waals surface area contributed by atoms with Crippen molar-refractivity contribution in [1.82, 2.24) is 10.2 Å². The van der Waals surface area contributed by atoms with E-state index < -0.39 is 6.23 Å². The Hall–Kier alpha value is -1.14. The standard InChI is InChI=1S/C20H34N2O3/c1-14-15(2)20(25-13-12-24-5)7-6-19(14)16(3)22-10-8-18(9-11-22)21-17(4)23/h6-7,16-18,21,23H,8-13H2,1-5H3. The number of nitrogens with one attached hydrogen (secondary N) is 1. The predicted octanol–water partition coefficient (Wildman–Crippen LogP) is 2.78. The summed E-state index contributed by atoms with van der Waals surface area (Å²) in [6.45, 7) is 11.7. The van der Waals surface area contributed by atoms with Crippen molar-refractivity contribution in [2.75, 3.05) is 33.4 Å². The number of piperidine rings is 1. The van der Waals surface area contributed by atoms with E-state index in [9.17, 15) is 5.11 Å². The molecule has 1 heterocycles. The molecule has 0 spiro atoms. The summed E-state index contributed by atoms with van der Waals surface area (Å²) in [7, 11) is 1.69. The molecule has 0 amide bonds. The molecule has 5 heteroatoms. The smallest absolute Gasteiger partial charge is 0.122 e. The summed E-state index contributed by atoms with van der Waals surface area (Å²) in [6, 6.07) is 5.10. The van der Waals surface area contributed by atoms with E-state index >= 15 is 0 Å². The number of benzene rings is 1. The average Bonchev–Trinajstić information content (AvgIpc) is 2.58. The molecule has 1 fully saturated rings. The number of rotatable bonds is 8. The van der Waals surface area contributed by atoms with Crippen molar-refractivity contribution < 1.29 is 14.6 Å². The molecule has 5 nitrogen and oxygen atoms in total. The Morgan fingerprint density at radius 3 is 2.44 bits per heavy atom. The van der Waals surface area contributed by atoms with Crippen LogP contribution in [0.2, 0.25) is 0 Å². The zero-order valence-corrected chi connectivity index (χ0v) is 16.3. The average molecular weight is 351 g/mol. The van der Waals surface area contributed by atoms with Crippen molar-refractivity contribution >= 4 is 0 Å². The number of nitrogens with zero attached hydrogens (tertiary/aromatic N) is 1. The van der Waals surface area contributed by atoms with Crippen LogP contribution in [0.5, 0.6) is 5.75 Å². The van der Waals surface area contributed by atoms with Crippen LogP contribution < -0.4 is 10.1 Å². The number of methoxy groups -OCH3 is 1. The van der Waals surface area contributed by atoms with Crippen molar-refractivity contribution in [2.24, 2.45) is 0 Å². The third-order valence-electron chi connectivity index (χ3n) is 5.33. The minimum atomic E-state index is -0.426. The van der Waals surface area contributed by atoms with Gasteiger partial charge in [0, 0.05) is 32.3 Å². The van der Waals surface area contributed by atoms with Gasteiger partial charge < -0.3 is 14.6 Å². The van der Waals surface area contributed by atoms with Gasteiger partial charge in [-0.15, -0.1) is 0 Å². The van der Waals surface area contributed by atoms with E-state index in [0.717, 1.165) is 31.7 Å². The summed E-state index contributed by atoms with van der Waals surface area (Å²) >= 11 is 0. The highest BCUT2D eigenvalue weighted by molar-refractivity contribution is 5.44. The van der Waals surface area contributed by atoms with Gasteiger partial charge in [0.05, 0.1) is 6.61 Å². The normalized spacial score (nSPS) is 19.0. The van der Waals surface area contributed by atoms with Crippen LogP contribution >= 0.6 is 0 Å². The highest BCUT2D eigenvalue weighted by Gasteiger charge is 2.25. The first kappa shape index (κ1) is 20.2. The number of aliphatic hydroxyl groups excluding tert-OH is 1. The molecule has 2 N–H and O–H groups in total. The van der Waals surface area contributed by atoms with Gasteiger partial charge in [0.2, 0.25) is 0 Å². The van der Waals surface area contributed by atoms with Gasteiger partial charge in [-0.05, 0) is 63.3 Å². The topological polar surface area (TPSA) is 54.0 Å². The summed E-state index contributed by atoms with van der Waals surface area (Å²) in [5, 5.41) is 12.7. The van der Waals surface area contributed by atoms with Gasteiger partial charge in [-0.25, -0.2) is 0 Å². The van der Waals surface area contributed by atoms with E-state index in [1.54, 1.807) is 14.0 Å². The van der Waals surface area contributed by atoms with Crippen LogP contribution in [-0.4, -0.2) is 55.7 Å². The van der Waals surface area contributed by atoms with Crippen molar-refractivity contribution in [3.8, 4) is 5.75 Å².